The first-order valence-electron chi connectivity index (χ1n) is 10.1. The minimum absolute atomic E-state index is 0.417. The van der Waals surface area contributed by atoms with Gasteiger partial charge in [-0.2, -0.15) is 0 Å². The van der Waals surface area contributed by atoms with Crippen LogP contribution in [-0.4, -0.2) is 33.0 Å². The third-order valence-corrected chi connectivity index (χ3v) is 6.09. The van der Waals surface area contributed by atoms with E-state index in [-0.39, 0.29) is 0 Å². The molecule has 1 aromatic carbocycles. The molecule has 31 heavy (non-hydrogen) atoms. The van der Waals surface area contributed by atoms with E-state index in [1.165, 1.54) is 11.9 Å². The van der Waals surface area contributed by atoms with E-state index in [1.807, 2.05) is 24.4 Å². The van der Waals surface area contributed by atoms with Crippen LogP contribution in [-0.2, 0) is 0 Å². The molecule has 4 heterocycles. The highest BCUT2D eigenvalue weighted by atomic mass is 79.9. The lowest BCUT2D eigenvalue weighted by atomic mass is 9.99. The van der Waals surface area contributed by atoms with E-state index in [9.17, 15) is 0 Å². The summed E-state index contributed by atoms with van der Waals surface area (Å²) in [6, 6.07) is 14.2. The molecule has 0 bridgehead atoms. The summed E-state index contributed by atoms with van der Waals surface area (Å²) in [4.78, 5) is 20.5. The molecule has 154 valence electrons. The van der Waals surface area contributed by atoms with Gasteiger partial charge in [0.1, 0.15) is 18.0 Å². The SMILES string of the molecule is C=C1CCN(c2ncccc2-c2cc(-c3cccc(Br)c3)c3c(N)ncnc3n2)CC1. The second-order valence-electron chi connectivity index (χ2n) is 7.63. The van der Waals surface area contributed by atoms with Crippen molar-refractivity contribution >= 4 is 38.6 Å². The molecule has 7 heteroatoms. The quantitative estimate of drug-likeness (QED) is 0.409. The van der Waals surface area contributed by atoms with Crippen LogP contribution in [0.25, 0.3) is 33.4 Å². The number of rotatable bonds is 3. The minimum Gasteiger partial charge on any atom is -0.383 e. The number of nitrogen functional groups attached to an aromatic ring is 1. The van der Waals surface area contributed by atoms with Crippen molar-refractivity contribution in [1.82, 2.24) is 19.9 Å². The van der Waals surface area contributed by atoms with Gasteiger partial charge in [-0.25, -0.2) is 19.9 Å². The predicted molar refractivity (Wildman–Crippen MR) is 129 cm³/mol. The minimum atomic E-state index is 0.417. The van der Waals surface area contributed by atoms with E-state index in [4.69, 9.17) is 15.7 Å². The van der Waals surface area contributed by atoms with Gasteiger partial charge < -0.3 is 10.6 Å². The standard InChI is InChI=1S/C24H21BrN6/c1-15-7-10-31(11-8-15)24-18(6-3-9-27-24)20-13-19(16-4-2-5-17(25)12-16)21-22(26)28-14-29-23(21)30-20/h2-6,9,12-14H,1,7-8,10-11H2,(H2,26,28,29,30). The number of hydrogen-bond acceptors (Lipinski definition) is 6. The number of hydrogen-bond donors (Lipinski definition) is 1. The van der Waals surface area contributed by atoms with Gasteiger partial charge in [-0.1, -0.05) is 40.2 Å². The zero-order valence-corrected chi connectivity index (χ0v) is 18.5. The van der Waals surface area contributed by atoms with Crippen LogP contribution in [0.4, 0.5) is 11.6 Å². The number of pyridine rings is 2. The Morgan fingerprint density at radius 2 is 1.81 bits per heavy atom. The third kappa shape index (κ3) is 3.77. The fourth-order valence-electron chi connectivity index (χ4n) is 3.99. The number of anilines is 2. The Bertz CT molecular complexity index is 1290. The molecule has 5 rings (SSSR count). The van der Waals surface area contributed by atoms with Crippen LogP contribution in [0.15, 0.2) is 71.6 Å². The fraction of sp³-hybridized carbons (Fsp3) is 0.167. The first-order valence-corrected chi connectivity index (χ1v) is 10.9. The van der Waals surface area contributed by atoms with Crippen molar-refractivity contribution in [3.8, 4) is 22.4 Å². The van der Waals surface area contributed by atoms with Crippen molar-refractivity contribution in [2.24, 2.45) is 0 Å². The summed E-state index contributed by atoms with van der Waals surface area (Å²) in [5.41, 5.74) is 11.9. The van der Waals surface area contributed by atoms with E-state index < -0.39 is 0 Å². The lowest BCUT2D eigenvalue weighted by Gasteiger charge is -2.30. The van der Waals surface area contributed by atoms with E-state index in [0.29, 0.717) is 11.5 Å². The summed E-state index contributed by atoms with van der Waals surface area (Å²) in [6.45, 7) is 5.94. The highest BCUT2D eigenvalue weighted by Crippen LogP contribution is 2.37. The van der Waals surface area contributed by atoms with Gasteiger partial charge >= 0.3 is 0 Å². The summed E-state index contributed by atoms with van der Waals surface area (Å²) in [6.07, 6.45) is 5.25. The number of nitrogens with zero attached hydrogens (tertiary/aromatic N) is 5. The molecule has 0 amide bonds. The molecular weight excluding hydrogens is 452 g/mol. The lowest BCUT2D eigenvalue weighted by molar-refractivity contribution is 0.680. The van der Waals surface area contributed by atoms with Crippen molar-refractivity contribution in [3.05, 3.63) is 71.6 Å². The van der Waals surface area contributed by atoms with Crippen molar-refractivity contribution in [2.75, 3.05) is 23.7 Å². The topological polar surface area (TPSA) is 80.8 Å². The van der Waals surface area contributed by atoms with Gasteiger partial charge in [-0.05, 0) is 54.3 Å². The largest absolute Gasteiger partial charge is 0.383 e. The molecule has 0 spiro atoms. The highest BCUT2D eigenvalue weighted by molar-refractivity contribution is 9.10. The molecule has 1 aliphatic rings. The molecule has 0 saturated carbocycles. The van der Waals surface area contributed by atoms with Gasteiger partial charge in [0.2, 0.25) is 0 Å². The molecule has 0 unspecified atom stereocenters. The number of piperidine rings is 1. The Labute approximate surface area is 189 Å². The number of fused-ring (bicyclic) bond motifs is 1. The van der Waals surface area contributed by atoms with Crippen LogP contribution in [0, 0.1) is 0 Å². The van der Waals surface area contributed by atoms with E-state index in [2.05, 4.69) is 61.6 Å². The number of halogens is 1. The number of benzene rings is 1. The van der Waals surface area contributed by atoms with Crippen molar-refractivity contribution in [2.45, 2.75) is 12.8 Å². The fourth-order valence-corrected chi connectivity index (χ4v) is 4.39. The number of nitrogens with two attached hydrogens (primary N) is 1. The van der Waals surface area contributed by atoms with Crippen LogP contribution >= 0.6 is 15.9 Å². The Hall–Kier alpha value is -3.32. The zero-order chi connectivity index (χ0) is 21.4. The summed E-state index contributed by atoms with van der Waals surface area (Å²) < 4.78 is 0.988. The molecule has 0 radical (unpaired) electrons. The Kier molecular flexibility index (Phi) is 5.11. The molecule has 4 aromatic rings. The second-order valence-corrected chi connectivity index (χ2v) is 8.55. The maximum absolute atomic E-state index is 6.25. The molecule has 1 saturated heterocycles. The van der Waals surface area contributed by atoms with E-state index in [0.717, 1.165) is 64.0 Å². The molecule has 3 aromatic heterocycles. The predicted octanol–water partition coefficient (Wildman–Crippen LogP) is 5.25. The molecule has 2 N–H and O–H groups in total. The highest BCUT2D eigenvalue weighted by Gasteiger charge is 2.20. The van der Waals surface area contributed by atoms with Gasteiger partial charge in [0.05, 0.1) is 11.1 Å². The summed E-state index contributed by atoms with van der Waals surface area (Å²) in [5.74, 6) is 1.35. The van der Waals surface area contributed by atoms with Gasteiger partial charge in [-0.15, -0.1) is 0 Å². The maximum atomic E-state index is 6.25. The van der Waals surface area contributed by atoms with Gasteiger partial charge in [0, 0.05) is 29.3 Å². The molecule has 1 fully saturated rings. The van der Waals surface area contributed by atoms with Crippen LogP contribution < -0.4 is 10.6 Å². The summed E-state index contributed by atoms with van der Waals surface area (Å²) in [7, 11) is 0. The normalized spacial score (nSPS) is 14.2. The second kappa shape index (κ2) is 8.07. The summed E-state index contributed by atoms with van der Waals surface area (Å²) in [5, 5.41) is 0.754. The van der Waals surface area contributed by atoms with Crippen molar-refractivity contribution in [3.63, 3.8) is 0 Å². The van der Waals surface area contributed by atoms with Crippen molar-refractivity contribution in [1.29, 1.82) is 0 Å². The summed E-state index contributed by atoms with van der Waals surface area (Å²) >= 11 is 3.57. The van der Waals surface area contributed by atoms with Crippen LogP contribution in [0.3, 0.4) is 0 Å². The van der Waals surface area contributed by atoms with Gasteiger partial charge in [-0.3, -0.25) is 0 Å². The van der Waals surface area contributed by atoms with Crippen molar-refractivity contribution < 1.29 is 0 Å². The Morgan fingerprint density at radius 1 is 0.968 bits per heavy atom. The van der Waals surface area contributed by atoms with Crippen LogP contribution in [0.1, 0.15) is 12.8 Å². The molecule has 0 atom stereocenters. The first kappa shape index (κ1) is 19.6. The molecular formula is C24H21BrN6. The molecule has 1 aliphatic heterocycles. The maximum Gasteiger partial charge on any atom is 0.165 e. The average Bonchev–Trinajstić information content (AvgIpc) is 2.79. The molecule has 6 nitrogen and oxygen atoms in total. The average molecular weight is 473 g/mol. The monoisotopic (exact) mass is 472 g/mol. The zero-order valence-electron chi connectivity index (χ0n) is 16.9. The molecule has 0 aliphatic carbocycles. The van der Waals surface area contributed by atoms with Crippen LogP contribution in [0.5, 0.6) is 0 Å². The van der Waals surface area contributed by atoms with E-state index >= 15 is 0 Å². The smallest absolute Gasteiger partial charge is 0.165 e. The lowest BCUT2D eigenvalue weighted by Crippen LogP contribution is -2.31. The van der Waals surface area contributed by atoms with E-state index in [1.54, 1.807) is 0 Å². The third-order valence-electron chi connectivity index (χ3n) is 5.60. The number of aromatic nitrogens is 4. The Morgan fingerprint density at radius 3 is 2.61 bits per heavy atom. The van der Waals surface area contributed by atoms with Crippen LogP contribution in [0.2, 0.25) is 0 Å². The Balaban J connectivity index is 1.72. The van der Waals surface area contributed by atoms with Gasteiger partial charge in [0.25, 0.3) is 0 Å². The first-order chi connectivity index (χ1) is 15.1. The van der Waals surface area contributed by atoms with Gasteiger partial charge in [0.15, 0.2) is 5.65 Å².